The van der Waals surface area contributed by atoms with Gasteiger partial charge in [0.15, 0.2) is 0 Å². The van der Waals surface area contributed by atoms with Crippen LogP contribution in [-0.2, 0) is 11.3 Å². The molecule has 34 heavy (non-hydrogen) atoms. The summed E-state index contributed by atoms with van der Waals surface area (Å²) in [7, 11) is 0. The highest BCUT2D eigenvalue weighted by Crippen LogP contribution is 2.34. The van der Waals surface area contributed by atoms with Crippen molar-refractivity contribution in [3.63, 3.8) is 0 Å². The molecule has 1 heterocycles. The summed E-state index contributed by atoms with van der Waals surface area (Å²) in [6, 6.07) is 18.2. The average molecular weight is 464 g/mol. The van der Waals surface area contributed by atoms with Crippen LogP contribution in [-0.4, -0.2) is 51.7 Å². The minimum Gasteiger partial charge on any atom is -0.439 e. The number of aliphatic hydroxyl groups excluding tert-OH is 1. The van der Waals surface area contributed by atoms with Crippen molar-refractivity contribution in [3.05, 3.63) is 71.4 Å². The summed E-state index contributed by atoms with van der Waals surface area (Å²) in [5.41, 5.74) is 4.08. The van der Waals surface area contributed by atoms with E-state index in [-0.39, 0.29) is 6.10 Å². The number of aryl methyl sites for hydroxylation is 2. The zero-order valence-electron chi connectivity index (χ0n) is 20.8. The Morgan fingerprint density at radius 2 is 1.85 bits per heavy atom. The first-order valence-electron chi connectivity index (χ1n) is 12.3. The lowest BCUT2D eigenvalue weighted by atomic mass is 10.2. The summed E-state index contributed by atoms with van der Waals surface area (Å²) >= 11 is 0. The number of benzene rings is 2. The van der Waals surface area contributed by atoms with E-state index in [0.29, 0.717) is 25.6 Å². The van der Waals surface area contributed by atoms with Crippen LogP contribution in [0.4, 0.5) is 0 Å². The Labute approximate surface area is 203 Å². The van der Waals surface area contributed by atoms with Crippen molar-refractivity contribution < 1.29 is 14.6 Å². The number of rotatable bonds is 12. The van der Waals surface area contributed by atoms with Crippen molar-refractivity contribution in [2.24, 2.45) is 5.92 Å². The van der Waals surface area contributed by atoms with Gasteiger partial charge in [-0.3, -0.25) is 4.90 Å². The van der Waals surface area contributed by atoms with E-state index in [9.17, 15) is 5.11 Å². The maximum atomic E-state index is 10.6. The lowest BCUT2D eigenvalue weighted by Gasteiger charge is -2.26. The van der Waals surface area contributed by atoms with Crippen LogP contribution in [0, 0.1) is 19.8 Å². The van der Waals surface area contributed by atoms with Crippen LogP contribution in [0.3, 0.4) is 0 Å². The van der Waals surface area contributed by atoms with Gasteiger partial charge in [-0.15, -0.1) is 0 Å². The summed E-state index contributed by atoms with van der Waals surface area (Å²) in [6.45, 7) is 10.6. The molecule has 1 aromatic heterocycles. The Kier molecular flexibility index (Phi) is 8.03. The zero-order chi connectivity index (χ0) is 24.1. The highest BCUT2D eigenvalue weighted by Gasteiger charge is 2.28. The number of aliphatic hydroxyl groups is 1. The minimum absolute atomic E-state index is 0.104. The van der Waals surface area contributed by atoms with Gasteiger partial charge in [0.2, 0.25) is 5.88 Å². The second-order valence-corrected chi connectivity index (χ2v) is 9.71. The van der Waals surface area contributed by atoms with Crippen LogP contribution in [0.5, 0.6) is 11.6 Å². The highest BCUT2D eigenvalue weighted by atomic mass is 16.5. The first-order valence-corrected chi connectivity index (χ1v) is 12.3. The van der Waals surface area contributed by atoms with Crippen molar-refractivity contribution in [1.82, 2.24) is 14.7 Å². The van der Waals surface area contributed by atoms with Crippen LogP contribution < -0.4 is 4.74 Å². The van der Waals surface area contributed by atoms with E-state index in [0.717, 1.165) is 40.7 Å². The fourth-order valence-corrected chi connectivity index (χ4v) is 4.11. The average Bonchev–Trinajstić information content (AvgIpc) is 3.57. The fourth-order valence-electron chi connectivity index (χ4n) is 4.11. The smallest absolute Gasteiger partial charge is 0.227 e. The zero-order valence-corrected chi connectivity index (χ0v) is 20.8. The molecule has 1 fully saturated rings. The Morgan fingerprint density at radius 1 is 1.09 bits per heavy atom. The van der Waals surface area contributed by atoms with E-state index >= 15 is 0 Å². The van der Waals surface area contributed by atoms with E-state index in [1.54, 1.807) is 0 Å². The molecule has 6 heteroatoms. The first-order chi connectivity index (χ1) is 16.4. The topological polar surface area (TPSA) is 59.8 Å². The molecule has 0 saturated heterocycles. The fraction of sp³-hybridized carbons (Fsp3) is 0.464. The van der Waals surface area contributed by atoms with Crippen molar-refractivity contribution in [2.75, 3.05) is 19.7 Å². The Bertz CT molecular complexity index is 1060. The Hall–Kier alpha value is -2.67. The van der Waals surface area contributed by atoms with Gasteiger partial charge in [0.25, 0.3) is 0 Å². The first kappa shape index (κ1) is 24.5. The number of para-hydroxylation sites is 1. The number of hydrogen-bond acceptors (Lipinski definition) is 5. The van der Waals surface area contributed by atoms with Gasteiger partial charge >= 0.3 is 0 Å². The molecular formula is C28H37N3O3. The standard InChI is InChI=1S/C28H37N3O3/c1-20(2)33-19-25(32)17-30(16-23-13-14-23)18-27-22(4)29-31(24-10-6-5-7-11-24)28(27)34-26-12-8-9-21(3)15-26/h5-12,15,20,23,25,32H,13-14,16-19H2,1-4H3/t25-/m0/s1. The number of nitrogens with zero attached hydrogens (tertiary/aromatic N) is 3. The van der Waals surface area contributed by atoms with Gasteiger partial charge in [-0.2, -0.15) is 5.10 Å². The lowest BCUT2D eigenvalue weighted by molar-refractivity contribution is -0.0101. The SMILES string of the molecule is Cc1cccc(Oc2c(CN(CC3CC3)C[C@H](O)COC(C)C)c(C)nn2-c2ccccc2)c1. The largest absolute Gasteiger partial charge is 0.439 e. The molecule has 1 saturated carbocycles. The van der Waals surface area contributed by atoms with Gasteiger partial charge in [-0.05, 0) is 76.3 Å². The van der Waals surface area contributed by atoms with Crippen LogP contribution in [0.1, 0.15) is 43.5 Å². The Balaban J connectivity index is 1.63. The predicted octanol–water partition coefficient (Wildman–Crippen LogP) is 5.28. The van der Waals surface area contributed by atoms with E-state index < -0.39 is 6.10 Å². The van der Waals surface area contributed by atoms with E-state index in [4.69, 9.17) is 14.6 Å². The molecule has 0 aliphatic heterocycles. The van der Waals surface area contributed by atoms with Crippen molar-refractivity contribution in [2.45, 2.75) is 59.3 Å². The Morgan fingerprint density at radius 3 is 2.53 bits per heavy atom. The highest BCUT2D eigenvalue weighted by molar-refractivity contribution is 5.43. The monoisotopic (exact) mass is 463 g/mol. The van der Waals surface area contributed by atoms with E-state index in [1.165, 1.54) is 12.8 Å². The number of hydrogen-bond donors (Lipinski definition) is 1. The molecule has 182 valence electrons. The molecule has 2 aromatic carbocycles. The van der Waals surface area contributed by atoms with Gasteiger partial charge in [-0.25, -0.2) is 4.68 Å². The van der Waals surface area contributed by atoms with Crippen molar-refractivity contribution in [3.8, 4) is 17.3 Å². The lowest BCUT2D eigenvalue weighted by Crippen LogP contribution is -2.36. The molecule has 0 radical (unpaired) electrons. The molecule has 3 aromatic rings. The normalized spacial score (nSPS) is 14.7. The summed E-state index contributed by atoms with van der Waals surface area (Å²) in [5.74, 6) is 2.21. The molecule has 1 atom stereocenters. The third-order valence-electron chi connectivity index (χ3n) is 6.03. The number of aromatic nitrogens is 2. The summed E-state index contributed by atoms with van der Waals surface area (Å²) in [5, 5.41) is 15.5. The van der Waals surface area contributed by atoms with Crippen LogP contribution in [0.15, 0.2) is 54.6 Å². The summed E-state index contributed by atoms with van der Waals surface area (Å²) in [4.78, 5) is 2.33. The van der Waals surface area contributed by atoms with Crippen LogP contribution >= 0.6 is 0 Å². The van der Waals surface area contributed by atoms with Crippen LogP contribution in [0.2, 0.25) is 0 Å². The molecule has 4 rings (SSSR count). The van der Waals surface area contributed by atoms with Gasteiger partial charge in [0.1, 0.15) is 5.75 Å². The third-order valence-corrected chi connectivity index (χ3v) is 6.03. The molecule has 0 unspecified atom stereocenters. The predicted molar refractivity (Wildman–Crippen MR) is 135 cm³/mol. The quantitative estimate of drug-likeness (QED) is 0.396. The van der Waals surface area contributed by atoms with Gasteiger partial charge < -0.3 is 14.6 Å². The molecular weight excluding hydrogens is 426 g/mol. The second-order valence-electron chi connectivity index (χ2n) is 9.71. The van der Waals surface area contributed by atoms with Crippen molar-refractivity contribution >= 4 is 0 Å². The second kappa shape index (κ2) is 11.2. The van der Waals surface area contributed by atoms with Gasteiger partial charge in [-0.1, -0.05) is 30.3 Å². The van der Waals surface area contributed by atoms with E-state index in [2.05, 4.69) is 17.9 Å². The van der Waals surface area contributed by atoms with Gasteiger partial charge in [0.05, 0.1) is 35.8 Å². The molecule has 6 nitrogen and oxygen atoms in total. The summed E-state index contributed by atoms with van der Waals surface area (Å²) in [6.07, 6.45) is 2.08. The van der Waals surface area contributed by atoms with Gasteiger partial charge in [0, 0.05) is 19.6 Å². The maximum absolute atomic E-state index is 10.6. The molecule has 0 spiro atoms. The van der Waals surface area contributed by atoms with Crippen LogP contribution in [0.25, 0.3) is 5.69 Å². The molecule has 1 aliphatic carbocycles. The summed E-state index contributed by atoms with van der Waals surface area (Å²) < 4.78 is 14.0. The third kappa shape index (κ3) is 6.69. The maximum Gasteiger partial charge on any atom is 0.227 e. The molecule has 0 bridgehead atoms. The van der Waals surface area contributed by atoms with Crippen molar-refractivity contribution in [1.29, 1.82) is 0 Å². The number of ether oxygens (including phenoxy) is 2. The molecule has 1 N–H and O–H groups in total. The molecule has 1 aliphatic rings. The molecule has 0 amide bonds. The van der Waals surface area contributed by atoms with E-state index in [1.807, 2.05) is 74.0 Å². The minimum atomic E-state index is -0.535.